The molecule has 0 spiro atoms. The summed E-state index contributed by atoms with van der Waals surface area (Å²) < 4.78 is 0. The second kappa shape index (κ2) is 4.55. The molecule has 1 saturated heterocycles. The van der Waals surface area contributed by atoms with Crippen LogP contribution in [-0.2, 0) is 6.42 Å². The van der Waals surface area contributed by atoms with Gasteiger partial charge in [-0.05, 0) is 12.0 Å². The van der Waals surface area contributed by atoms with Crippen molar-refractivity contribution in [2.75, 3.05) is 13.1 Å². The minimum Gasteiger partial charge on any atom is -0.315 e. The summed E-state index contributed by atoms with van der Waals surface area (Å²) in [6.07, 6.45) is 0.957. The molecule has 75 valence electrons. The molecule has 2 unspecified atom stereocenters. The molecule has 1 aromatic carbocycles. The van der Waals surface area contributed by atoms with Crippen molar-refractivity contribution < 1.29 is 0 Å². The number of hydrogen-bond donors (Lipinski definition) is 2. The van der Waals surface area contributed by atoms with Crippen molar-refractivity contribution in [3.8, 4) is 0 Å². The Hall–Kier alpha value is -0.900. The fourth-order valence-corrected chi connectivity index (χ4v) is 1.76. The Morgan fingerprint density at radius 3 is 2.86 bits per heavy atom. The summed E-state index contributed by atoms with van der Waals surface area (Å²) in [5.74, 6) is 0. The largest absolute Gasteiger partial charge is 0.315 e. The SMILES string of the molecule is NC1NCC[N]C1Cc1ccccc1. The quantitative estimate of drug-likeness (QED) is 0.694. The Balaban J connectivity index is 1.96. The van der Waals surface area contributed by atoms with Gasteiger partial charge in [0.05, 0.1) is 12.2 Å². The van der Waals surface area contributed by atoms with Gasteiger partial charge >= 0.3 is 0 Å². The van der Waals surface area contributed by atoms with Gasteiger partial charge in [0, 0.05) is 13.1 Å². The second-order valence-electron chi connectivity index (χ2n) is 3.64. The van der Waals surface area contributed by atoms with E-state index >= 15 is 0 Å². The zero-order chi connectivity index (χ0) is 9.80. The number of piperazine rings is 1. The standard InChI is InChI=1S/C11H16N3/c12-11-10(13-6-7-14-11)8-9-4-2-1-3-5-9/h1-5,10-11,14H,6-8,12H2. The maximum absolute atomic E-state index is 5.92. The first-order chi connectivity index (χ1) is 6.86. The number of nitrogens with zero attached hydrogens (tertiary/aromatic N) is 1. The Kier molecular flexibility index (Phi) is 3.14. The molecule has 1 radical (unpaired) electrons. The van der Waals surface area contributed by atoms with Crippen LogP contribution in [0.5, 0.6) is 0 Å². The molecule has 3 N–H and O–H groups in total. The van der Waals surface area contributed by atoms with Gasteiger partial charge in [0.15, 0.2) is 0 Å². The van der Waals surface area contributed by atoms with Gasteiger partial charge in [0.25, 0.3) is 0 Å². The van der Waals surface area contributed by atoms with Crippen LogP contribution in [0.15, 0.2) is 30.3 Å². The van der Waals surface area contributed by atoms with E-state index in [4.69, 9.17) is 5.73 Å². The second-order valence-corrected chi connectivity index (χ2v) is 3.64. The summed E-state index contributed by atoms with van der Waals surface area (Å²) in [7, 11) is 0. The Morgan fingerprint density at radius 2 is 2.14 bits per heavy atom. The lowest BCUT2D eigenvalue weighted by atomic mass is 10.0. The summed E-state index contributed by atoms with van der Waals surface area (Å²) in [5, 5.41) is 7.75. The van der Waals surface area contributed by atoms with Crippen LogP contribution in [0, 0.1) is 0 Å². The third-order valence-electron chi connectivity index (χ3n) is 2.56. The third kappa shape index (κ3) is 2.32. The van der Waals surface area contributed by atoms with Crippen molar-refractivity contribution in [2.45, 2.75) is 18.6 Å². The van der Waals surface area contributed by atoms with Crippen molar-refractivity contribution in [2.24, 2.45) is 5.73 Å². The highest BCUT2D eigenvalue weighted by Gasteiger charge is 2.21. The predicted molar refractivity (Wildman–Crippen MR) is 56.9 cm³/mol. The van der Waals surface area contributed by atoms with E-state index in [1.165, 1.54) is 5.56 Å². The normalized spacial score (nSPS) is 27.5. The van der Waals surface area contributed by atoms with Crippen LogP contribution >= 0.6 is 0 Å². The molecule has 1 heterocycles. The first-order valence-corrected chi connectivity index (χ1v) is 5.06. The molecule has 2 rings (SSSR count). The molecule has 0 amide bonds. The average molecular weight is 190 g/mol. The maximum atomic E-state index is 5.92. The van der Waals surface area contributed by atoms with E-state index in [-0.39, 0.29) is 12.2 Å². The summed E-state index contributed by atoms with van der Waals surface area (Å²) in [4.78, 5) is 0. The van der Waals surface area contributed by atoms with E-state index < -0.39 is 0 Å². The molecule has 0 aromatic heterocycles. The van der Waals surface area contributed by atoms with Gasteiger partial charge < -0.3 is 5.73 Å². The number of nitrogens with one attached hydrogen (secondary N) is 1. The predicted octanol–water partition coefficient (Wildman–Crippen LogP) is 0.0901. The van der Waals surface area contributed by atoms with E-state index in [2.05, 4.69) is 34.9 Å². The molecule has 0 aliphatic carbocycles. The lowest BCUT2D eigenvalue weighted by Gasteiger charge is -2.29. The van der Waals surface area contributed by atoms with Gasteiger partial charge in [-0.2, -0.15) is 0 Å². The van der Waals surface area contributed by atoms with Crippen molar-refractivity contribution in [1.82, 2.24) is 10.6 Å². The minimum absolute atomic E-state index is 0.0176. The van der Waals surface area contributed by atoms with Gasteiger partial charge in [-0.1, -0.05) is 30.3 Å². The van der Waals surface area contributed by atoms with Crippen LogP contribution in [0.2, 0.25) is 0 Å². The van der Waals surface area contributed by atoms with Crippen molar-refractivity contribution >= 4 is 0 Å². The smallest absolute Gasteiger partial charge is 0.0724 e. The van der Waals surface area contributed by atoms with Gasteiger partial charge in [0.1, 0.15) is 0 Å². The van der Waals surface area contributed by atoms with Crippen molar-refractivity contribution in [3.63, 3.8) is 0 Å². The average Bonchev–Trinajstić information content (AvgIpc) is 2.23. The molecule has 2 atom stereocenters. The highest BCUT2D eigenvalue weighted by molar-refractivity contribution is 5.16. The van der Waals surface area contributed by atoms with E-state index in [9.17, 15) is 0 Å². The fraction of sp³-hybridized carbons (Fsp3) is 0.455. The highest BCUT2D eigenvalue weighted by Crippen LogP contribution is 2.06. The molecule has 1 aliphatic rings. The molecule has 14 heavy (non-hydrogen) atoms. The molecule has 1 fully saturated rings. The highest BCUT2D eigenvalue weighted by atomic mass is 15.2. The van der Waals surface area contributed by atoms with E-state index in [0.717, 1.165) is 19.5 Å². The molecular formula is C11H16N3. The van der Waals surface area contributed by atoms with E-state index in [1.807, 2.05) is 6.07 Å². The molecular weight excluding hydrogens is 174 g/mol. The van der Waals surface area contributed by atoms with Gasteiger partial charge in [-0.15, -0.1) is 0 Å². The summed E-state index contributed by atoms with van der Waals surface area (Å²) in [5.41, 5.74) is 7.23. The van der Waals surface area contributed by atoms with Crippen molar-refractivity contribution in [3.05, 3.63) is 35.9 Å². The molecule has 3 nitrogen and oxygen atoms in total. The molecule has 0 bridgehead atoms. The summed E-state index contributed by atoms with van der Waals surface area (Å²) in [6, 6.07) is 10.6. The first-order valence-electron chi connectivity index (χ1n) is 5.06. The zero-order valence-electron chi connectivity index (χ0n) is 8.19. The zero-order valence-corrected chi connectivity index (χ0v) is 8.19. The Morgan fingerprint density at radius 1 is 1.36 bits per heavy atom. The number of hydrogen-bond acceptors (Lipinski definition) is 2. The third-order valence-corrected chi connectivity index (χ3v) is 2.56. The van der Waals surface area contributed by atoms with Crippen molar-refractivity contribution in [1.29, 1.82) is 0 Å². The van der Waals surface area contributed by atoms with Gasteiger partial charge in [-0.3, -0.25) is 5.32 Å². The lowest BCUT2D eigenvalue weighted by Crippen LogP contribution is -2.58. The van der Waals surface area contributed by atoms with Gasteiger partial charge in [0.2, 0.25) is 0 Å². The van der Waals surface area contributed by atoms with Gasteiger partial charge in [-0.25, -0.2) is 5.32 Å². The lowest BCUT2D eigenvalue weighted by molar-refractivity contribution is 0.319. The number of nitrogens with two attached hydrogens (primary N) is 1. The van der Waals surface area contributed by atoms with E-state index in [0.29, 0.717) is 0 Å². The summed E-state index contributed by atoms with van der Waals surface area (Å²) in [6.45, 7) is 1.79. The first kappa shape index (κ1) is 9.65. The van der Waals surface area contributed by atoms with Crippen LogP contribution in [0.3, 0.4) is 0 Å². The maximum Gasteiger partial charge on any atom is 0.0724 e. The van der Waals surface area contributed by atoms with Crippen LogP contribution in [0.4, 0.5) is 0 Å². The molecule has 1 aromatic rings. The number of benzene rings is 1. The van der Waals surface area contributed by atoms with Crippen LogP contribution in [-0.4, -0.2) is 25.3 Å². The summed E-state index contributed by atoms with van der Waals surface area (Å²) >= 11 is 0. The monoisotopic (exact) mass is 190 g/mol. The molecule has 3 heteroatoms. The Labute approximate surface area is 84.7 Å². The number of rotatable bonds is 2. The van der Waals surface area contributed by atoms with Crippen LogP contribution < -0.4 is 16.4 Å². The van der Waals surface area contributed by atoms with Crippen LogP contribution in [0.25, 0.3) is 0 Å². The Bertz CT molecular complexity index is 273. The molecule has 0 saturated carbocycles. The van der Waals surface area contributed by atoms with E-state index in [1.54, 1.807) is 0 Å². The fourth-order valence-electron chi connectivity index (χ4n) is 1.76. The minimum atomic E-state index is 0.0176. The topological polar surface area (TPSA) is 52.1 Å². The molecule has 1 aliphatic heterocycles. The van der Waals surface area contributed by atoms with Crippen LogP contribution in [0.1, 0.15) is 5.56 Å².